The van der Waals surface area contributed by atoms with Crippen LogP contribution in [-0.2, 0) is 12.6 Å². The molecule has 0 aliphatic heterocycles. The van der Waals surface area contributed by atoms with Crippen LogP contribution in [0.5, 0.6) is 0 Å². The second-order valence-electron chi connectivity index (χ2n) is 8.49. The molecule has 2 atom stereocenters. The van der Waals surface area contributed by atoms with E-state index in [0.29, 0.717) is 19.0 Å². The number of hydrogen-bond donors (Lipinski definition) is 4. The van der Waals surface area contributed by atoms with Gasteiger partial charge in [-0.2, -0.15) is 5.10 Å². The molecule has 0 spiro atoms. The summed E-state index contributed by atoms with van der Waals surface area (Å²) in [4.78, 5) is 4.88. The Morgan fingerprint density at radius 3 is 2.34 bits per heavy atom. The van der Waals surface area contributed by atoms with Crippen LogP contribution in [0.15, 0.2) is 47.7 Å². The number of aliphatic imine (C=N–C) groups is 1. The summed E-state index contributed by atoms with van der Waals surface area (Å²) in [6, 6.07) is 10.7. The van der Waals surface area contributed by atoms with Gasteiger partial charge in [-0.15, -0.1) is 24.0 Å². The molecule has 2 aromatic rings. The van der Waals surface area contributed by atoms with Crippen molar-refractivity contribution in [1.29, 1.82) is 0 Å². The van der Waals surface area contributed by atoms with E-state index in [4.69, 9.17) is 4.99 Å². The van der Waals surface area contributed by atoms with Gasteiger partial charge in [-0.1, -0.05) is 44.2 Å². The molecule has 180 valence electrons. The van der Waals surface area contributed by atoms with Gasteiger partial charge in [0.2, 0.25) is 0 Å². The smallest absolute Gasteiger partial charge is 0.191 e. The molecule has 1 heterocycles. The quantitative estimate of drug-likeness (QED) is 0.193. The minimum absolute atomic E-state index is 0. The zero-order chi connectivity index (χ0) is 22.9. The summed E-state index contributed by atoms with van der Waals surface area (Å²) in [5.74, 6) is 0.701. The molecule has 0 saturated heterocycles. The van der Waals surface area contributed by atoms with Gasteiger partial charge in [-0.05, 0) is 39.2 Å². The Morgan fingerprint density at radius 1 is 1.16 bits per heavy atom. The Hall–Kier alpha value is -1.65. The maximum Gasteiger partial charge on any atom is 0.191 e. The van der Waals surface area contributed by atoms with E-state index in [0.717, 1.165) is 24.9 Å². The lowest BCUT2D eigenvalue weighted by Crippen LogP contribution is -2.50. The summed E-state index contributed by atoms with van der Waals surface area (Å²) < 4.78 is 1.69. The van der Waals surface area contributed by atoms with Crippen molar-refractivity contribution in [1.82, 2.24) is 25.7 Å². The summed E-state index contributed by atoms with van der Waals surface area (Å²) in [6.07, 6.45) is 5.47. The van der Waals surface area contributed by atoms with Gasteiger partial charge in [0, 0.05) is 36.9 Å². The highest BCUT2D eigenvalue weighted by atomic mass is 127. The standard InChI is InChI=1S/C24H40N6O.HI/c1-7-24(8-2,29-19(4)20-13-11-10-12-14-20)18-27-22(25-9-3)26-17-23(5,31)21-15-28-30(6)16-21;/h10-16,19,29,31H,7-9,17-18H2,1-6H3,(H2,25,26,27);1H. The highest BCUT2D eigenvalue weighted by Crippen LogP contribution is 2.23. The molecule has 0 radical (unpaired) electrons. The van der Waals surface area contributed by atoms with Gasteiger partial charge < -0.3 is 21.1 Å². The van der Waals surface area contributed by atoms with Crippen LogP contribution in [0, 0.1) is 0 Å². The molecule has 32 heavy (non-hydrogen) atoms. The van der Waals surface area contributed by atoms with Gasteiger partial charge in [0.25, 0.3) is 0 Å². The number of aromatic nitrogens is 2. The zero-order valence-electron chi connectivity index (χ0n) is 20.4. The fourth-order valence-electron chi connectivity index (χ4n) is 3.64. The predicted octanol–water partition coefficient (Wildman–Crippen LogP) is 3.71. The molecule has 4 N–H and O–H groups in total. The molecule has 0 amide bonds. The first-order valence-electron chi connectivity index (χ1n) is 11.3. The van der Waals surface area contributed by atoms with Crippen molar-refractivity contribution < 1.29 is 5.11 Å². The van der Waals surface area contributed by atoms with Crippen molar-refractivity contribution in [2.24, 2.45) is 12.0 Å². The monoisotopic (exact) mass is 556 g/mol. The number of rotatable bonds is 11. The average molecular weight is 557 g/mol. The SMILES string of the molecule is CCNC(=NCC(CC)(CC)NC(C)c1ccccc1)NCC(C)(O)c1cnn(C)c1.I. The normalized spacial score (nSPS) is 14.9. The first-order chi connectivity index (χ1) is 14.7. The van der Waals surface area contributed by atoms with Crippen molar-refractivity contribution in [3.63, 3.8) is 0 Å². The Morgan fingerprint density at radius 2 is 1.81 bits per heavy atom. The van der Waals surface area contributed by atoms with E-state index < -0.39 is 5.60 Å². The van der Waals surface area contributed by atoms with Crippen molar-refractivity contribution in [3.8, 4) is 0 Å². The van der Waals surface area contributed by atoms with E-state index in [2.05, 4.69) is 66.1 Å². The largest absolute Gasteiger partial charge is 0.383 e. The van der Waals surface area contributed by atoms with E-state index in [1.165, 1.54) is 5.56 Å². The van der Waals surface area contributed by atoms with Gasteiger partial charge in [-0.25, -0.2) is 0 Å². The van der Waals surface area contributed by atoms with Crippen LogP contribution in [-0.4, -0.2) is 46.0 Å². The maximum atomic E-state index is 10.9. The van der Waals surface area contributed by atoms with Gasteiger partial charge in [-0.3, -0.25) is 9.67 Å². The maximum absolute atomic E-state index is 10.9. The minimum Gasteiger partial charge on any atom is -0.383 e. The topological polar surface area (TPSA) is 86.5 Å². The third-order valence-electron chi connectivity index (χ3n) is 5.99. The van der Waals surface area contributed by atoms with Gasteiger partial charge in [0.15, 0.2) is 5.96 Å². The lowest BCUT2D eigenvalue weighted by Gasteiger charge is -2.35. The van der Waals surface area contributed by atoms with Crippen LogP contribution in [0.25, 0.3) is 0 Å². The Kier molecular flexibility index (Phi) is 11.7. The van der Waals surface area contributed by atoms with E-state index in [9.17, 15) is 5.11 Å². The molecular formula is C24H41IN6O. The number of benzene rings is 1. The molecular weight excluding hydrogens is 515 g/mol. The highest BCUT2D eigenvalue weighted by molar-refractivity contribution is 14.0. The van der Waals surface area contributed by atoms with E-state index in [1.54, 1.807) is 17.8 Å². The lowest BCUT2D eigenvalue weighted by molar-refractivity contribution is 0.0616. The van der Waals surface area contributed by atoms with E-state index in [1.807, 2.05) is 26.2 Å². The third-order valence-corrected chi connectivity index (χ3v) is 5.99. The number of aliphatic hydroxyl groups is 1. The van der Waals surface area contributed by atoms with Gasteiger partial charge >= 0.3 is 0 Å². The second kappa shape index (κ2) is 13.2. The fourth-order valence-corrected chi connectivity index (χ4v) is 3.64. The van der Waals surface area contributed by atoms with Crippen molar-refractivity contribution >= 4 is 29.9 Å². The molecule has 0 aliphatic rings. The van der Waals surface area contributed by atoms with Crippen molar-refractivity contribution in [2.75, 3.05) is 19.6 Å². The number of hydrogen-bond acceptors (Lipinski definition) is 4. The number of nitrogens with zero attached hydrogens (tertiary/aromatic N) is 3. The molecule has 0 fully saturated rings. The summed E-state index contributed by atoms with van der Waals surface area (Å²) in [5.41, 5.74) is 0.893. The lowest BCUT2D eigenvalue weighted by atomic mass is 9.90. The summed E-state index contributed by atoms with van der Waals surface area (Å²) in [6.45, 7) is 12.2. The molecule has 8 heteroatoms. The number of guanidine groups is 1. The number of aryl methyl sites for hydroxylation is 1. The molecule has 1 aromatic carbocycles. The van der Waals surface area contributed by atoms with Crippen molar-refractivity contribution in [3.05, 3.63) is 53.9 Å². The van der Waals surface area contributed by atoms with Crippen LogP contribution in [0.2, 0.25) is 0 Å². The average Bonchev–Trinajstić information content (AvgIpc) is 3.22. The molecule has 2 unspecified atom stereocenters. The van der Waals surface area contributed by atoms with Crippen LogP contribution in [0.4, 0.5) is 0 Å². The first-order valence-corrected chi connectivity index (χ1v) is 11.3. The van der Waals surface area contributed by atoms with Crippen molar-refractivity contribution in [2.45, 2.75) is 64.6 Å². The fraction of sp³-hybridized carbons (Fsp3) is 0.583. The van der Waals surface area contributed by atoms with Crippen LogP contribution in [0.3, 0.4) is 0 Å². The molecule has 1 aromatic heterocycles. The van der Waals surface area contributed by atoms with Crippen LogP contribution in [0.1, 0.15) is 64.6 Å². The molecule has 7 nitrogen and oxygen atoms in total. The zero-order valence-corrected chi connectivity index (χ0v) is 22.7. The molecule has 2 rings (SSSR count). The number of nitrogens with one attached hydrogen (secondary N) is 3. The highest BCUT2D eigenvalue weighted by Gasteiger charge is 2.29. The summed E-state index contributed by atoms with van der Waals surface area (Å²) >= 11 is 0. The number of halogens is 1. The Bertz CT molecular complexity index is 817. The summed E-state index contributed by atoms with van der Waals surface area (Å²) in [7, 11) is 1.84. The van der Waals surface area contributed by atoms with Gasteiger partial charge in [0.05, 0.1) is 19.3 Å². The Balaban J connectivity index is 0.00000512. The van der Waals surface area contributed by atoms with E-state index in [-0.39, 0.29) is 35.6 Å². The minimum atomic E-state index is -1.04. The third kappa shape index (κ3) is 8.04. The van der Waals surface area contributed by atoms with Crippen LogP contribution < -0.4 is 16.0 Å². The van der Waals surface area contributed by atoms with E-state index >= 15 is 0 Å². The molecule has 0 saturated carbocycles. The molecule has 0 bridgehead atoms. The second-order valence-corrected chi connectivity index (χ2v) is 8.49. The molecule has 0 aliphatic carbocycles. The van der Waals surface area contributed by atoms with Gasteiger partial charge in [0.1, 0.15) is 5.60 Å². The first kappa shape index (κ1) is 28.4. The van der Waals surface area contributed by atoms with Crippen LogP contribution >= 0.6 is 24.0 Å². The predicted molar refractivity (Wildman–Crippen MR) is 143 cm³/mol. The Labute approximate surface area is 210 Å². The summed E-state index contributed by atoms with van der Waals surface area (Å²) in [5, 5.41) is 25.5.